The van der Waals surface area contributed by atoms with Crippen LogP contribution in [0.4, 0.5) is 0 Å². The largest absolute Gasteiger partial charge is 0.178 e. The molecule has 0 aliphatic heterocycles. The van der Waals surface area contributed by atoms with Crippen molar-refractivity contribution >= 4 is 37.0 Å². The van der Waals surface area contributed by atoms with Crippen molar-refractivity contribution in [3.8, 4) is 0 Å². The third-order valence-electron chi connectivity index (χ3n) is 1.67. The fraction of sp³-hybridized carbons (Fsp3) is 0.400. The van der Waals surface area contributed by atoms with Crippen molar-refractivity contribution in [2.75, 3.05) is 11.5 Å². The molecule has 0 amide bonds. The van der Waals surface area contributed by atoms with Gasteiger partial charge in [-0.2, -0.15) is 25.3 Å². The van der Waals surface area contributed by atoms with Crippen molar-refractivity contribution in [3.05, 3.63) is 29.8 Å². The first-order chi connectivity index (χ1) is 6.22. The molecule has 0 spiro atoms. The van der Waals surface area contributed by atoms with Gasteiger partial charge in [-0.1, -0.05) is 17.7 Å². The maximum atomic E-state index is 4.38. The molecular formula is C10H14S3. The van der Waals surface area contributed by atoms with Gasteiger partial charge < -0.3 is 0 Å². The average molecular weight is 230 g/mol. The molecular weight excluding hydrogens is 216 g/mol. The number of benzene rings is 1. The second-order valence-corrected chi connectivity index (χ2v) is 5.15. The average Bonchev–Trinajstić information content (AvgIpc) is 2.16. The van der Waals surface area contributed by atoms with Crippen molar-refractivity contribution in [1.82, 2.24) is 0 Å². The number of hydrogen-bond donors (Lipinski definition) is 2. The molecule has 1 aromatic carbocycles. The summed E-state index contributed by atoms with van der Waals surface area (Å²) in [6.45, 7) is 2.10. The van der Waals surface area contributed by atoms with E-state index in [2.05, 4.69) is 56.4 Å². The van der Waals surface area contributed by atoms with E-state index in [9.17, 15) is 0 Å². The molecule has 3 heteroatoms. The molecule has 72 valence electrons. The minimum atomic E-state index is 0.384. The fourth-order valence-corrected chi connectivity index (χ4v) is 2.24. The zero-order chi connectivity index (χ0) is 9.68. The second kappa shape index (κ2) is 5.89. The smallest absolute Gasteiger partial charge is 0.0199 e. The molecule has 1 unspecified atom stereocenters. The zero-order valence-electron chi connectivity index (χ0n) is 7.60. The molecule has 1 atom stereocenters. The third kappa shape index (κ3) is 4.34. The maximum Gasteiger partial charge on any atom is 0.0199 e. The van der Waals surface area contributed by atoms with Gasteiger partial charge in [0.25, 0.3) is 0 Å². The van der Waals surface area contributed by atoms with Crippen LogP contribution in [0.1, 0.15) is 5.56 Å². The van der Waals surface area contributed by atoms with Crippen LogP contribution >= 0.6 is 37.0 Å². The Hall–Kier alpha value is 0.270. The number of thioether (sulfide) groups is 1. The predicted molar refractivity (Wildman–Crippen MR) is 68.5 cm³/mol. The quantitative estimate of drug-likeness (QED) is 0.591. The predicted octanol–water partition coefficient (Wildman–Crippen LogP) is 3.32. The summed E-state index contributed by atoms with van der Waals surface area (Å²) in [7, 11) is 0. The van der Waals surface area contributed by atoms with E-state index in [1.165, 1.54) is 10.5 Å². The molecule has 13 heavy (non-hydrogen) atoms. The fourth-order valence-electron chi connectivity index (χ4n) is 0.880. The number of hydrogen-bond acceptors (Lipinski definition) is 3. The van der Waals surface area contributed by atoms with Gasteiger partial charge in [-0.15, -0.1) is 11.8 Å². The van der Waals surface area contributed by atoms with E-state index in [1.807, 2.05) is 11.8 Å². The second-order valence-electron chi connectivity index (χ2n) is 2.96. The van der Waals surface area contributed by atoms with Gasteiger partial charge in [-0.3, -0.25) is 0 Å². The molecule has 1 aromatic rings. The van der Waals surface area contributed by atoms with E-state index in [0.29, 0.717) is 5.25 Å². The van der Waals surface area contributed by atoms with Crippen molar-refractivity contribution in [2.45, 2.75) is 17.1 Å². The lowest BCUT2D eigenvalue weighted by Gasteiger charge is -2.06. The molecule has 0 saturated carbocycles. The molecule has 0 aromatic heterocycles. The van der Waals surface area contributed by atoms with Crippen LogP contribution in [0, 0.1) is 6.92 Å². The van der Waals surface area contributed by atoms with Crippen LogP contribution in [0.2, 0.25) is 0 Å². The topological polar surface area (TPSA) is 0 Å². The molecule has 0 radical (unpaired) electrons. The van der Waals surface area contributed by atoms with E-state index < -0.39 is 0 Å². The summed E-state index contributed by atoms with van der Waals surface area (Å²) in [5.74, 6) is 1.86. The van der Waals surface area contributed by atoms with Crippen molar-refractivity contribution in [1.29, 1.82) is 0 Å². The van der Waals surface area contributed by atoms with Crippen molar-refractivity contribution in [3.63, 3.8) is 0 Å². The number of aryl methyl sites for hydroxylation is 1. The number of thiol groups is 2. The van der Waals surface area contributed by atoms with Gasteiger partial charge in [-0.05, 0) is 19.1 Å². The lowest BCUT2D eigenvalue weighted by molar-refractivity contribution is 1.16. The normalized spacial score (nSPS) is 12.8. The summed E-state index contributed by atoms with van der Waals surface area (Å²) < 4.78 is 0. The van der Waals surface area contributed by atoms with E-state index in [1.54, 1.807) is 0 Å². The Kier molecular flexibility index (Phi) is 5.14. The minimum Gasteiger partial charge on any atom is -0.178 e. The summed E-state index contributed by atoms with van der Waals surface area (Å²) >= 11 is 10.4. The third-order valence-corrected chi connectivity index (χ3v) is 4.19. The standard InChI is InChI=1S/C10H14S3/c1-8-2-4-10(5-3-8)13-7-9(12)6-11/h2-5,9,11-12H,6-7H2,1H3. The lowest BCUT2D eigenvalue weighted by Crippen LogP contribution is -2.03. The van der Waals surface area contributed by atoms with Gasteiger partial charge in [0.15, 0.2) is 0 Å². The van der Waals surface area contributed by atoms with Gasteiger partial charge in [0.2, 0.25) is 0 Å². The van der Waals surface area contributed by atoms with Gasteiger partial charge in [-0.25, -0.2) is 0 Å². The molecule has 0 heterocycles. The monoisotopic (exact) mass is 230 g/mol. The van der Waals surface area contributed by atoms with Crippen LogP contribution in [0.15, 0.2) is 29.2 Å². The zero-order valence-corrected chi connectivity index (χ0v) is 10.2. The van der Waals surface area contributed by atoms with Gasteiger partial charge in [0.1, 0.15) is 0 Å². The first-order valence-corrected chi connectivity index (χ1v) is 6.34. The highest BCUT2D eigenvalue weighted by Gasteiger charge is 2.00. The van der Waals surface area contributed by atoms with Crippen LogP contribution in [0.3, 0.4) is 0 Å². The highest BCUT2D eigenvalue weighted by molar-refractivity contribution is 8.00. The van der Waals surface area contributed by atoms with Crippen LogP contribution in [0.5, 0.6) is 0 Å². The Bertz CT molecular complexity index is 243. The van der Waals surface area contributed by atoms with Crippen molar-refractivity contribution < 1.29 is 0 Å². The highest BCUT2D eigenvalue weighted by Crippen LogP contribution is 2.20. The van der Waals surface area contributed by atoms with Crippen LogP contribution in [0.25, 0.3) is 0 Å². The molecule has 0 fully saturated rings. The Morgan fingerprint density at radius 2 is 1.92 bits per heavy atom. The first-order valence-electron chi connectivity index (χ1n) is 4.21. The van der Waals surface area contributed by atoms with Gasteiger partial charge in [0, 0.05) is 21.7 Å². The van der Waals surface area contributed by atoms with E-state index in [0.717, 1.165) is 11.5 Å². The SMILES string of the molecule is Cc1ccc(SCC(S)CS)cc1. The summed E-state index contributed by atoms with van der Waals surface area (Å²) in [4.78, 5) is 1.31. The Labute approximate surface area is 95.3 Å². The molecule has 0 aliphatic rings. The van der Waals surface area contributed by atoms with E-state index in [4.69, 9.17) is 0 Å². The van der Waals surface area contributed by atoms with Crippen LogP contribution in [-0.2, 0) is 0 Å². The van der Waals surface area contributed by atoms with Crippen molar-refractivity contribution in [2.24, 2.45) is 0 Å². The molecule has 0 nitrogen and oxygen atoms in total. The molecule has 0 N–H and O–H groups in total. The molecule has 1 rings (SSSR count). The highest BCUT2D eigenvalue weighted by atomic mass is 32.2. The first kappa shape index (κ1) is 11.3. The van der Waals surface area contributed by atoms with E-state index >= 15 is 0 Å². The summed E-state index contributed by atoms with van der Waals surface area (Å²) in [6, 6.07) is 8.57. The Balaban J connectivity index is 2.41. The maximum absolute atomic E-state index is 4.38. The minimum absolute atomic E-state index is 0.384. The number of rotatable bonds is 4. The van der Waals surface area contributed by atoms with Crippen LogP contribution < -0.4 is 0 Å². The summed E-state index contributed by atoms with van der Waals surface area (Å²) in [5.41, 5.74) is 1.31. The lowest BCUT2D eigenvalue weighted by atomic mass is 10.2. The van der Waals surface area contributed by atoms with E-state index in [-0.39, 0.29) is 0 Å². The molecule has 0 saturated heterocycles. The summed E-state index contributed by atoms with van der Waals surface area (Å²) in [6.07, 6.45) is 0. The summed E-state index contributed by atoms with van der Waals surface area (Å²) in [5, 5.41) is 0.384. The molecule has 0 aliphatic carbocycles. The Morgan fingerprint density at radius 1 is 1.31 bits per heavy atom. The van der Waals surface area contributed by atoms with Crippen LogP contribution in [-0.4, -0.2) is 16.8 Å². The van der Waals surface area contributed by atoms with Gasteiger partial charge in [0.05, 0.1) is 0 Å². The van der Waals surface area contributed by atoms with Gasteiger partial charge >= 0.3 is 0 Å². The molecule has 0 bridgehead atoms. The Morgan fingerprint density at radius 3 is 2.46 bits per heavy atom.